The zero-order valence-electron chi connectivity index (χ0n) is 16.9. The van der Waals surface area contributed by atoms with Crippen molar-refractivity contribution in [1.82, 2.24) is 4.90 Å². The van der Waals surface area contributed by atoms with Crippen LogP contribution in [0, 0.1) is 5.92 Å². The van der Waals surface area contributed by atoms with Gasteiger partial charge in [-0.25, -0.2) is 4.79 Å². The molecule has 0 spiro atoms. The van der Waals surface area contributed by atoms with Gasteiger partial charge in [0, 0.05) is 19.2 Å². The predicted molar refractivity (Wildman–Crippen MR) is 105 cm³/mol. The third-order valence-corrected chi connectivity index (χ3v) is 4.85. The Labute approximate surface area is 158 Å². The van der Waals surface area contributed by atoms with Crippen LogP contribution < -0.4 is 0 Å². The Kier molecular flexibility index (Phi) is 7.95. The number of rotatable bonds is 7. The molecule has 0 atom stereocenters. The fraction of sp³-hybridized carbons (Fsp3) is 0.682. The summed E-state index contributed by atoms with van der Waals surface area (Å²) in [5.74, 6) is 0.765. The van der Waals surface area contributed by atoms with Gasteiger partial charge >= 0.3 is 6.09 Å². The predicted octanol–water partition coefficient (Wildman–Crippen LogP) is 5.41. The third kappa shape index (κ3) is 7.36. The molecule has 0 unspecified atom stereocenters. The van der Waals surface area contributed by atoms with Crippen LogP contribution in [0.1, 0.15) is 65.4 Å². The van der Waals surface area contributed by atoms with Crippen molar-refractivity contribution in [1.29, 1.82) is 0 Å². The molecule has 1 amide bonds. The summed E-state index contributed by atoms with van der Waals surface area (Å²) < 4.78 is 11.4. The van der Waals surface area contributed by atoms with Gasteiger partial charge in [0.25, 0.3) is 0 Å². The average molecular weight is 362 g/mol. The minimum Gasteiger partial charge on any atom is -0.444 e. The molecule has 2 rings (SSSR count). The SMILES string of the molecule is CC(C)(C)OC(=O)N(CCCOCc1ccccc1)[C@H]1CC[C@H](C)CC1. The molecule has 26 heavy (non-hydrogen) atoms. The molecule has 1 aliphatic carbocycles. The number of ether oxygens (including phenoxy) is 2. The van der Waals surface area contributed by atoms with E-state index in [9.17, 15) is 4.79 Å². The highest BCUT2D eigenvalue weighted by molar-refractivity contribution is 5.68. The zero-order valence-corrected chi connectivity index (χ0v) is 16.9. The van der Waals surface area contributed by atoms with Gasteiger partial charge in [0.05, 0.1) is 6.61 Å². The Morgan fingerprint density at radius 3 is 2.38 bits per heavy atom. The van der Waals surface area contributed by atoms with E-state index >= 15 is 0 Å². The fourth-order valence-corrected chi connectivity index (χ4v) is 3.40. The summed E-state index contributed by atoms with van der Waals surface area (Å²) in [7, 11) is 0. The van der Waals surface area contributed by atoms with E-state index in [1.54, 1.807) is 0 Å². The van der Waals surface area contributed by atoms with Gasteiger partial charge in [-0.05, 0) is 64.4 Å². The molecule has 1 aromatic rings. The zero-order chi connectivity index (χ0) is 19.0. The van der Waals surface area contributed by atoms with Crippen molar-refractivity contribution in [2.75, 3.05) is 13.2 Å². The monoisotopic (exact) mass is 361 g/mol. The van der Waals surface area contributed by atoms with Crippen LogP contribution >= 0.6 is 0 Å². The van der Waals surface area contributed by atoms with E-state index in [0.717, 1.165) is 25.2 Å². The van der Waals surface area contributed by atoms with Gasteiger partial charge in [-0.1, -0.05) is 37.3 Å². The van der Waals surface area contributed by atoms with Crippen LogP contribution in [0.15, 0.2) is 30.3 Å². The van der Waals surface area contributed by atoms with Gasteiger partial charge < -0.3 is 14.4 Å². The molecule has 1 aliphatic rings. The number of benzene rings is 1. The summed E-state index contributed by atoms with van der Waals surface area (Å²) in [5.41, 5.74) is 0.721. The van der Waals surface area contributed by atoms with Gasteiger partial charge in [0.15, 0.2) is 0 Å². The Morgan fingerprint density at radius 2 is 1.77 bits per heavy atom. The molecule has 0 aliphatic heterocycles. The summed E-state index contributed by atoms with van der Waals surface area (Å²) in [6.07, 6.45) is 5.18. The summed E-state index contributed by atoms with van der Waals surface area (Å²) in [6, 6.07) is 10.5. The maximum atomic E-state index is 12.7. The summed E-state index contributed by atoms with van der Waals surface area (Å²) >= 11 is 0. The molecule has 0 saturated heterocycles. The van der Waals surface area contributed by atoms with Crippen LogP contribution in [0.3, 0.4) is 0 Å². The molecule has 0 bridgehead atoms. The Hall–Kier alpha value is -1.55. The lowest BCUT2D eigenvalue weighted by atomic mass is 9.86. The van der Waals surface area contributed by atoms with E-state index in [4.69, 9.17) is 9.47 Å². The van der Waals surface area contributed by atoms with Crippen LogP contribution in [0.5, 0.6) is 0 Å². The number of carbonyl (C=O) groups excluding carboxylic acids is 1. The van der Waals surface area contributed by atoms with Gasteiger partial charge in [-0.2, -0.15) is 0 Å². The molecular weight excluding hydrogens is 326 g/mol. The second kappa shape index (κ2) is 9.96. The lowest BCUT2D eigenvalue weighted by Crippen LogP contribution is -2.45. The largest absolute Gasteiger partial charge is 0.444 e. The first-order valence-electron chi connectivity index (χ1n) is 9.96. The first-order valence-corrected chi connectivity index (χ1v) is 9.96. The highest BCUT2D eigenvalue weighted by Crippen LogP contribution is 2.28. The van der Waals surface area contributed by atoms with Crippen LogP contribution in [0.4, 0.5) is 4.79 Å². The molecule has 4 nitrogen and oxygen atoms in total. The van der Waals surface area contributed by atoms with Crippen molar-refractivity contribution in [2.24, 2.45) is 5.92 Å². The summed E-state index contributed by atoms with van der Waals surface area (Å²) in [6.45, 7) is 10.0. The normalized spacial score (nSPS) is 20.6. The highest BCUT2D eigenvalue weighted by Gasteiger charge is 2.30. The Bertz CT molecular complexity index is 530. The molecule has 0 heterocycles. The van der Waals surface area contributed by atoms with Gasteiger partial charge in [0.2, 0.25) is 0 Å². The maximum Gasteiger partial charge on any atom is 0.410 e. The molecule has 1 fully saturated rings. The Morgan fingerprint density at radius 1 is 1.12 bits per heavy atom. The lowest BCUT2D eigenvalue weighted by molar-refractivity contribution is 0.00767. The van der Waals surface area contributed by atoms with Crippen molar-refractivity contribution in [3.05, 3.63) is 35.9 Å². The number of nitrogens with zero attached hydrogens (tertiary/aromatic N) is 1. The van der Waals surface area contributed by atoms with Gasteiger partial charge in [-0.15, -0.1) is 0 Å². The van der Waals surface area contributed by atoms with Crippen LogP contribution in [0.2, 0.25) is 0 Å². The van der Waals surface area contributed by atoms with Crippen molar-refractivity contribution in [3.63, 3.8) is 0 Å². The minimum absolute atomic E-state index is 0.180. The smallest absolute Gasteiger partial charge is 0.410 e. The topological polar surface area (TPSA) is 38.8 Å². The highest BCUT2D eigenvalue weighted by atomic mass is 16.6. The molecular formula is C22H35NO3. The molecule has 0 radical (unpaired) electrons. The van der Waals surface area contributed by atoms with Gasteiger partial charge in [-0.3, -0.25) is 0 Å². The van der Waals surface area contributed by atoms with Crippen molar-refractivity contribution < 1.29 is 14.3 Å². The summed E-state index contributed by atoms with van der Waals surface area (Å²) in [4.78, 5) is 14.6. The molecule has 4 heteroatoms. The second-order valence-electron chi connectivity index (χ2n) is 8.48. The van der Waals surface area contributed by atoms with E-state index in [1.165, 1.54) is 18.4 Å². The molecule has 1 aromatic carbocycles. The summed E-state index contributed by atoms with van der Waals surface area (Å²) in [5, 5.41) is 0. The van der Waals surface area contributed by atoms with Crippen molar-refractivity contribution in [2.45, 2.75) is 78.0 Å². The number of hydrogen-bond acceptors (Lipinski definition) is 3. The van der Waals surface area contributed by atoms with E-state index in [1.807, 2.05) is 43.9 Å². The molecule has 0 N–H and O–H groups in total. The number of amides is 1. The van der Waals surface area contributed by atoms with Crippen molar-refractivity contribution in [3.8, 4) is 0 Å². The quantitative estimate of drug-likeness (QED) is 0.610. The molecule has 146 valence electrons. The molecule has 0 aromatic heterocycles. The van der Waals surface area contributed by atoms with E-state index < -0.39 is 5.60 Å². The first-order chi connectivity index (χ1) is 12.3. The minimum atomic E-state index is -0.457. The third-order valence-electron chi connectivity index (χ3n) is 4.85. The fourth-order valence-electron chi connectivity index (χ4n) is 3.40. The van der Waals surface area contributed by atoms with E-state index in [2.05, 4.69) is 19.1 Å². The van der Waals surface area contributed by atoms with Gasteiger partial charge in [0.1, 0.15) is 5.60 Å². The molecule has 1 saturated carbocycles. The standard InChI is InChI=1S/C22H35NO3/c1-18-11-13-20(14-12-18)23(21(24)26-22(2,3)4)15-8-16-25-17-19-9-6-5-7-10-19/h5-7,9-10,18,20H,8,11-17H2,1-4H3/t18-,20-. The van der Waals surface area contributed by atoms with Crippen LogP contribution in [0.25, 0.3) is 0 Å². The first kappa shape index (κ1) is 20.8. The van der Waals surface area contributed by atoms with Crippen LogP contribution in [-0.4, -0.2) is 35.8 Å². The second-order valence-corrected chi connectivity index (χ2v) is 8.48. The average Bonchev–Trinajstić information content (AvgIpc) is 2.58. The van der Waals surface area contributed by atoms with Crippen molar-refractivity contribution >= 4 is 6.09 Å². The number of hydrogen-bond donors (Lipinski definition) is 0. The Balaban J connectivity index is 1.82. The van der Waals surface area contributed by atoms with Crippen LogP contribution in [-0.2, 0) is 16.1 Å². The van der Waals surface area contributed by atoms with E-state index in [-0.39, 0.29) is 6.09 Å². The van der Waals surface area contributed by atoms with E-state index in [0.29, 0.717) is 25.8 Å². The maximum absolute atomic E-state index is 12.7. The number of carbonyl (C=O) groups is 1. The lowest BCUT2D eigenvalue weighted by Gasteiger charge is -2.37.